The fourth-order valence-electron chi connectivity index (χ4n) is 3.26. The minimum atomic E-state index is -0.703. The summed E-state index contributed by atoms with van der Waals surface area (Å²) in [6.07, 6.45) is 0. The van der Waals surface area contributed by atoms with Gasteiger partial charge in [-0.2, -0.15) is 5.10 Å². The van der Waals surface area contributed by atoms with E-state index in [1.54, 1.807) is 19.9 Å². The maximum atomic E-state index is 12.8. The van der Waals surface area contributed by atoms with Crippen molar-refractivity contribution < 1.29 is 9.72 Å². The van der Waals surface area contributed by atoms with E-state index in [1.807, 2.05) is 24.3 Å². The van der Waals surface area contributed by atoms with Crippen molar-refractivity contribution >= 4 is 22.6 Å². The van der Waals surface area contributed by atoms with Crippen molar-refractivity contribution in [2.75, 3.05) is 0 Å². The molecule has 0 fully saturated rings. The number of aromatic nitrogens is 4. The molecule has 156 valence electrons. The van der Waals surface area contributed by atoms with E-state index in [-0.39, 0.29) is 17.1 Å². The van der Waals surface area contributed by atoms with Crippen LogP contribution in [-0.4, -0.2) is 30.6 Å². The highest BCUT2D eigenvalue weighted by Crippen LogP contribution is 2.22. The Morgan fingerprint density at radius 3 is 2.65 bits per heavy atom. The number of nitro benzene ring substituents is 1. The number of hydrogen-bond acceptors (Lipinski definition) is 6. The summed E-state index contributed by atoms with van der Waals surface area (Å²) in [7, 11) is 0. The minimum absolute atomic E-state index is 0.157. The second-order valence-electron chi connectivity index (χ2n) is 6.99. The Morgan fingerprint density at radius 1 is 1.19 bits per heavy atom. The first-order valence-corrected chi connectivity index (χ1v) is 9.45. The molecule has 1 unspecified atom stereocenters. The van der Waals surface area contributed by atoms with Crippen LogP contribution in [0.15, 0.2) is 59.4 Å². The van der Waals surface area contributed by atoms with Crippen LogP contribution in [0.3, 0.4) is 0 Å². The van der Waals surface area contributed by atoms with E-state index in [4.69, 9.17) is 0 Å². The van der Waals surface area contributed by atoms with Gasteiger partial charge in [0.25, 0.3) is 11.6 Å². The Balaban J connectivity index is 1.68. The van der Waals surface area contributed by atoms with Crippen molar-refractivity contribution in [3.05, 3.63) is 92.1 Å². The predicted molar refractivity (Wildman–Crippen MR) is 113 cm³/mol. The number of benzene rings is 2. The number of nitrogens with one attached hydrogen (secondary N) is 2. The van der Waals surface area contributed by atoms with Crippen molar-refractivity contribution in [3.8, 4) is 5.69 Å². The van der Waals surface area contributed by atoms with E-state index in [2.05, 4.69) is 20.4 Å². The quantitative estimate of drug-likeness (QED) is 0.378. The van der Waals surface area contributed by atoms with E-state index in [9.17, 15) is 19.7 Å². The molecule has 0 aliphatic heterocycles. The van der Waals surface area contributed by atoms with E-state index < -0.39 is 22.3 Å². The molecular weight excluding hydrogens is 400 g/mol. The van der Waals surface area contributed by atoms with Crippen LogP contribution in [0.5, 0.6) is 0 Å². The van der Waals surface area contributed by atoms with Gasteiger partial charge in [-0.3, -0.25) is 19.7 Å². The lowest BCUT2D eigenvalue weighted by molar-refractivity contribution is -0.384. The zero-order valence-corrected chi connectivity index (χ0v) is 16.7. The molecule has 0 spiro atoms. The highest BCUT2D eigenvalue weighted by Gasteiger charge is 2.22. The molecule has 2 aromatic heterocycles. The van der Waals surface area contributed by atoms with Gasteiger partial charge in [-0.1, -0.05) is 24.3 Å². The molecule has 10 heteroatoms. The van der Waals surface area contributed by atoms with Crippen molar-refractivity contribution in [3.63, 3.8) is 0 Å². The van der Waals surface area contributed by atoms with Crippen molar-refractivity contribution in [2.45, 2.75) is 19.9 Å². The summed E-state index contributed by atoms with van der Waals surface area (Å²) < 4.78 is 1.22. The number of carbonyl (C=O) groups excluding carboxylic acids is 1. The minimum Gasteiger partial charge on any atom is -0.341 e. The number of aryl methyl sites for hydroxylation is 1. The molecule has 4 rings (SSSR count). The molecule has 0 saturated carbocycles. The van der Waals surface area contributed by atoms with Gasteiger partial charge in [0.1, 0.15) is 11.5 Å². The number of imidazole rings is 1. The Kier molecular flexibility index (Phi) is 5.04. The summed E-state index contributed by atoms with van der Waals surface area (Å²) in [5.74, 6) is -0.175. The zero-order chi connectivity index (χ0) is 22.1. The normalized spacial score (nSPS) is 11.9. The number of H-pyrrole nitrogens is 1. The summed E-state index contributed by atoms with van der Waals surface area (Å²) in [5, 5.41) is 18.2. The summed E-state index contributed by atoms with van der Waals surface area (Å²) in [6, 6.07) is 14.1. The Bertz CT molecular complexity index is 1340. The first-order valence-electron chi connectivity index (χ1n) is 9.45. The smallest absolute Gasteiger partial charge is 0.294 e. The number of para-hydroxylation sites is 4. The summed E-state index contributed by atoms with van der Waals surface area (Å²) in [4.78, 5) is 43.7. The number of fused-ring (bicyclic) bond motifs is 1. The highest BCUT2D eigenvalue weighted by molar-refractivity contribution is 5.92. The fourth-order valence-corrected chi connectivity index (χ4v) is 3.26. The summed E-state index contributed by atoms with van der Waals surface area (Å²) in [6.45, 7) is 3.31. The molecule has 0 aliphatic rings. The average Bonchev–Trinajstić information content (AvgIpc) is 3.18. The van der Waals surface area contributed by atoms with Gasteiger partial charge in [-0.25, -0.2) is 9.67 Å². The van der Waals surface area contributed by atoms with Gasteiger partial charge in [0, 0.05) is 17.8 Å². The number of carbonyl (C=O) groups is 1. The van der Waals surface area contributed by atoms with Crippen molar-refractivity contribution in [2.24, 2.45) is 0 Å². The van der Waals surface area contributed by atoms with Crippen LogP contribution in [0, 0.1) is 17.0 Å². The van der Waals surface area contributed by atoms with Crippen LogP contribution >= 0.6 is 0 Å². The first-order chi connectivity index (χ1) is 14.8. The van der Waals surface area contributed by atoms with Crippen LogP contribution < -0.4 is 10.7 Å². The maximum absolute atomic E-state index is 12.8. The SMILES string of the molecule is Cc1cc(=O)c(C(=O)NC(C)c2nc3ccccc3[nH]2)nn1-c1ccccc1[N+](=O)[O-]. The second kappa shape index (κ2) is 7.82. The molecule has 1 amide bonds. The molecular formula is C21H18N6O4. The Labute approximate surface area is 175 Å². The maximum Gasteiger partial charge on any atom is 0.294 e. The summed E-state index contributed by atoms with van der Waals surface area (Å²) in [5.41, 5.74) is 0.958. The van der Waals surface area contributed by atoms with Gasteiger partial charge in [0.05, 0.1) is 22.0 Å². The number of nitrogens with zero attached hydrogens (tertiary/aromatic N) is 4. The molecule has 2 heterocycles. The molecule has 2 aromatic carbocycles. The molecule has 0 bridgehead atoms. The van der Waals surface area contributed by atoms with Crippen LogP contribution in [0.4, 0.5) is 5.69 Å². The molecule has 0 aliphatic carbocycles. The van der Waals surface area contributed by atoms with Gasteiger partial charge >= 0.3 is 0 Å². The fraction of sp³-hybridized carbons (Fsp3) is 0.143. The topological polar surface area (TPSA) is 136 Å². The molecule has 1 atom stereocenters. The van der Waals surface area contributed by atoms with Crippen LogP contribution in [0.25, 0.3) is 16.7 Å². The van der Waals surface area contributed by atoms with Crippen molar-refractivity contribution in [1.82, 2.24) is 25.1 Å². The van der Waals surface area contributed by atoms with Gasteiger partial charge in [0.15, 0.2) is 5.69 Å². The lowest BCUT2D eigenvalue weighted by Gasteiger charge is -2.13. The number of nitro groups is 1. The Hall–Kier alpha value is -4.34. The van der Waals surface area contributed by atoms with E-state index in [0.717, 1.165) is 11.0 Å². The standard InChI is InChI=1S/C21H18N6O4/c1-12-11-18(28)19(25-26(12)16-9-5-6-10-17(16)27(30)31)21(29)22-13(2)20-23-14-7-3-4-8-15(14)24-20/h3-11,13H,1-2H3,(H,22,29)(H,23,24). The number of hydrogen-bond donors (Lipinski definition) is 2. The van der Waals surface area contributed by atoms with Gasteiger partial charge < -0.3 is 10.3 Å². The second-order valence-corrected chi connectivity index (χ2v) is 6.99. The van der Waals surface area contributed by atoms with Gasteiger partial charge in [-0.15, -0.1) is 0 Å². The largest absolute Gasteiger partial charge is 0.341 e. The number of aromatic amines is 1. The molecule has 2 N–H and O–H groups in total. The number of rotatable bonds is 5. The van der Waals surface area contributed by atoms with Crippen LogP contribution in [-0.2, 0) is 0 Å². The lowest BCUT2D eigenvalue weighted by Crippen LogP contribution is -2.34. The third-order valence-electron chi connectivity index (χ3n) is 4.79. The molecule has 10 nitrogen and oxygen atoms in total. The molecule has 0 radical (unpaired) electrons. The van der Waals surface area contributed by atoms with Gasteiger partial charge in [-0.05, 0) is 32.0 Å². The third kappa shape index (κ3) is 3.78. The summed E-state index contributed by atoms with van der Waals surface area (Å²) >= 11 is 0. The third-order valence-corrected chi connectivity index (χ3v) is 4.79. The van der Waals surface area contributed by atoms with Crippen molar-refractivity contribution in [1.29, 1.82) is 0 Å². The molecule has 4 aromatic rings. The van der Waals surface area contributed by atoms with Gasteiger partial charge in [0.2, 0.25) is 5.43 Å². The predicted octanol–water partition coefficient (Wildman–Crippen LogP) is 2.82. The van der Waals surface area contributed by atoms with Crippen LogP contribution in [0.1, 0.15) is 35.0 Å². The highest BCUT2D eigenvalue weighted by atomic mass is 16.6. The van der Waals surface area contributed by atoms with E-state index >= 15 is 0 Å². The first kappa shape index (κ1) is 20.0. The average molecular weight is 418 g/mol. The Morgan fingerprint density at radius 2 is 1.90 bits per heavy atom. The lowest BCUT2D eigenvalue weighted by atomic mass is 10.2. The zero-order valence-electron chi connectivity index (χ0n) is 16.7. The van der Waals surface area contributed by atoms with E-state index in [0.29, 0.717) is 11.5 Å². The number of amides is 1. The molecule has 0 saturated heterocycles. The van der Waals surface area contributed by atoms with E-state index in [1.165, 1.54) is 28.9 Å². The van der Waals surface area contributed by atoms with Crippen LogP contribution in [0.2, 0.25) is 0 Å². The molecule has 31 heavy (non-hydrogen) atoms. The monoisotopic (exact) mass is 418 g/mol.